The number of phosphoric acid groups is 1. The van der Waals surface area contributed by atoms with Gasteiger partial charge in [0.25, 0.3) is 0 Å². The number of likely N-dealkylation sites (N-methyl/N-ethyl adjacent to an activating group) is 1. The second kappa shape index (κ2) is 39.6. The summed E-state index contributed by atoms with van der Waals surface area (Å²) in [5.74, 6) is -0.403. The van der Waals surface area contributed by atoms with Crippen LogP contribution in [0.3, 0.4) is 0 Å². The van der Waals surface area contributed by atoms with E-state index in [1.54, 1.807) is 6.26 Å². The Bertz CT molecular complexity index is 1120. The number of esters is 1. The molecule has 0 rings (SSSR count). The van der Waals surface area contributed by atoms with Crippen molar-refractivity contribution in [2.24, 2.45) is 0 Å². The highest BCUT2D eigenvalue weighted by molar-refractivity contribution is 7.47. The third kappa shape index (κ3) is 42.9. The zero-order chi connectivity index (χ0) is 41.3. The first-order valence-corrected chi connectivity index (χ1v) is 23.3. The molecular weight excluding hydrogens is 725 g/mol. The molecule has 0 amide bonds. The van der Waals surface area contributed by atoms with Crippen molar-refractivity contribution in [2.75, 3.05) is 54.1 Å². The van der Waals surface area contributed by atoms with Gasteiger partial charge in [0, 0.05) is 13.0 Å². The SMILES string of the molecule is CCCCCC/C=C\CCCCCCCC/C=C/OC[C@H](COP(=O)(O)OCC[N+](C)(C)C)OC(=O)CCC/C=C\C/C=C\C/C=C\C/C=C\CCCCCO. The number of rotatable bonds is 40. The summed E-state index contributed by atoms with van der Waals surface area (Å²) in [4.78, 5) is 22.8. The van der Waals surface area contributed by atoms with Crippen LogP contribution in [0.25, 0.3) is 0 Å². The number of ether oxygens (including phenoxy) is 2. The first kappa shape index (κ1) is 53.7. The number of carbonyl (C=O) groups is 1. The van der Waals surface area contributed by atoms with Crippen LogP contribution in [-0.4, -0.2) is 80.7 Å². The molecule has 0 saturated heterocycles. The number of hydrogen-bond acceptors (Lipinski definition) is 7. The first-order chi connectivity index (χ1) is 27.1. The van der Waals surface area contributed by atoms with Gasteiger partial charge in [-0.05, 0) is 96.0 Å². The van der Waals surface area contributed by atoms with E-state index in [0.29, 0.717) is 17.4 Å². The van der Waals surface area contributed by atoms with Gasteiger partial charge in [-0.15, -0.1) is 0 Å². The number of unbranched alkanes of at least 4 members (excludes halogenated alkanes) is 15. The van der Waals surface area contributed by atoms with E-state index in [1.165, 1.54) is 70.6 Å². The van der Waals surface area contributed by atoms with E-state index in [-0.39, 0.29) is 32.8 Å². The normalized spacial score (nSPS) is 14.4. The minimum Gasteiger partial charge on any atom is -0.498 e. The van der Waals surface area contributed by atoms with E-state index in [4.69, 9.17) is 23.6 Å². The Morgan fingerprint density at radius 3 is 1.61 bits per heavy atom. The average Bonchev–Trinajstić information content (AvgIpc) is 3.15. The highest BCUT2D eigenvalue weighted by Crippen LogP contribution is 2.43. The summed E-state index contributed by atoms with van der Waals surface area (Å²) in [6, 6.07) is 0. The number of phosphoric ester groups is 1. The van der Waals surface area contributed by atoms with Gasteiger partial charge < -0.3 is 24.0 Å². The third-order valence-corrected chi connectivity index (χ3v) is 9.84. The third-order valence-electron chi connectivity index (χ3n) is 8.86. The topological polar surface area (TPSA) is 112 Å². The molecule has 2 atom stereocenters. The molecule has 0 aromatic carbocycles. The van der Waals surface area contributed by atoms with Crippen LogP contribution < -0.4 is 0 Å². The largest absolute Gasteiger partial charge is 0.498 e. The quantitative estimate of drug-likeness (QED) is 0.0157. The fourth-order valence-corrected chi connectivity index (χ4v) is 6.17. The molecule has 0 aliphatic carbocycles. The molecule has 0 spiro atoms. The second-order valence-corrected chi connectivity index (χ2v) is 17.0. The summed E-state index contributed by atoms with van der Waals surface area (Å²) < 4.78 is 34.6. The highest BCUT2D eigenvalue weighted by Gasteiger charge is 2.26. The lowest BCUT2D eigenvalue weighted by Crippen LogP contribution is -2.37. The summed E-state index contributed by atoms with van der Waals surface area (Å²) >= 11 is 0. The van der Waals surface area contributed by atoms with Gasteiger partial charge in [0.2, 0.25) is 0 Å². The number of aliphatic hydroxyl groups is 1. The van der Waals surface area contributed by atoms with Gasteiger partial charge in [-0.25, -0.2) is 4.57 Å². The van der Waals surface area contributed by atoms with Gasteiger partial charge in [-0.2, -0.15) is 0 Å². The van der Waals surface area contributed by atoms with Crippen LogP contribution in [-0.2, 0) is 27.9 Å². The molecule has 0 aromatic rings. The van der Waals surface area contributed by atoms with E-state index >= 15 is 0 Å². The van der Waals surface area contributed by atoms with E-state index < -0.39 is 19.9 Å². The Kier molecular flexibility index (Phi) is 38.0. The predicted octanol–water partition coefficient (Wildman–Crippen LogP) is 12.0. The van der Waals surface area contributed by atoms with Crippen molar-refractivity contribution in [1.29, 1.82) is 0 Å². The summed E-state index contributed by atoms with van der Waals surface area (Å²) in [6.45, 7) is 2.83. The van der Waals surface area contributed by atoms with Crippen molar-refractivity contribution in [3.8, 4) is 0 Å². The molecule has 56 heavy (non-hydrogen) atoms. The molecular formula is C46H83NO8P+. The fraction of sp³-hybridized carbons (Fsp3) is 0.717. The second-order valence-electron chi connectivity index (χ2n) is 15.5. The maximum atomic E-state index is 12.7. The molecule has 0 radical (unpaired) electrons. The minimum atomic E-state index is -4.32. The lowest BCUT2D eigenvalue weighted by Gasteiger charge is -2.24. The monoisotopic (exact) mass is 809 g/mol. The first-order valence-electron chi connectivity index (χ1n) is 21.8. The maximum absolute atomic E-state index is 12.7. The lowest BCUT2D eigenvalue weighted by atomic mass is 10.1. The molecule has 0 fully saturated rings. The highest BCUT2D eigenvalue weighted by atomic mass is 31.2. The van der Waals surface area contributed by atoms with Crippen LogP contribution in [0, 0.1) is 0 Å². The number of quaternary nitrogens is 1. The van der Waals surface area contributed by atoms with E-state index in [2.05, 4.69) is 67.7 Å². The Morgan fingerprint density at radius 2 is 1.07 bits per heavy atom. The Hall–Kier alpha value is -2.26. The molecule has 0 saturated carbocycles. The van der Waals surface area contributed by atoms with Crippen molar-refractivity contribution in [2.45, 2.75) is 161 Å². The molecule has 1 unspecified atom stereocenters. The molecule has 9 nitrogen and oxygen atoms in total. The van der Waals surface area contributed by atoms with Crippen LogP contribution in [0.15, 0.2) is 73.1 Å². The number of aliphatic hydroxyl groups excluding tert-OH is 1. The Balaban J connectivity index is 4.42. The summed E-state index contributed by atoms with van der Waals surface area (Å²) in [6.07, 6.45) is 49.1. The van der Waals surface area contributed by atoms with Crippen LogP contribution in [0.5, 0.6) is 0 Å². The number of hydrogen-bond donors (Lipinski definition) is 2. The lowest BCUT2D eigenvalue weighted by molar-refractivity contribution is -0.870. The van der Waals surface area contributed by atoms with Gasteiger partial charge >= 0.3 is 13.8 Å². The molecule has 0 aromatic heterocycles. The molecule has 2 N–H and O–H groups in total. The van der Waals surface area contributed by atoms with Gasteiger partial charge in [-0.3, -0.25) is 13.8 Å². The maximum Gasteiger partial charge on any atom is 0.472 e. The van der Waals surface area contributed by atoms with Crippen LogP contribution in [0.4, 0.5) is 0 Å². The summed E-state index contributed by atoms with van der Waals surface area (Å²) in [7, 11) is 1.57. The predicted molar refractivity (Wildman–Crippen MR) is 234 cm³/mol. The number of nitrogens with zero attached hydrogens (tertiary/aromatic N) is 1. The van der Waals surface area contributed by atoms with Crippen molar-refractivity contribution >= 4 is 13.8 Å². The molecule has 0 heterocycles. The van der Waals surface area contributed by atoms with Crippen molar-refractivity contribution in [1.82, 2.24) is 0 Å². The minimum absolute atomic E-state index is 0.0125. The zero-order valence-electron chi connectivity index (χ0n) is 36.0. The van der Waals surface area contributed by atoms with Crippen molar-refractivity contribution in [3.05, 3.63) is 73.1 Å². The van der Waals surface area contributed by atoms with E-state index in [0.717, 1.165) is 64.2 Å². The Morgan fingerprint density at radius 1 is 0.607 bits per heavy atom. The van der Waals surface area contributed by atoms with Crippen LogP contribution in [0.1, 0.15) is 155 Å². The van der Waals surface area contributed by atoms with Gasteiger partial charge in [0.1, 0.15) is 19.8 Å². The molecule has 0 bridgehead atoms. The zero-order valence-corrected chi connectivity index (χ0v) is 36.9. The van der Waals surface area contributed by atoms with Crippen molar-refractivity contribution < 1.29 is 42.4 Å². The Labute approximate surface area is 343 Å². The molecule has 324 valence electrons. The van der Waals surface area contributed by atoms with Crippen molar-refractivity contribution in [3.63, 3.8) is 0 Å². The molecule has 0 aliphatic rings. The van der Waals surface area contributed by atoms with E-state index in [1.807, 2.05) is 27.2 Å². The summed E-state index contributed by atoms with van der Waals surface area (Å²) in [5.41, 5.74) is 0. The van der Waals surface area contributed by atoms with Crippen LogP contribution >= 0.6 is 7.82 Å². The van der Waals surface area contributed by atoms with E-state index in [9.17, 15) is 14.3 Å². The molecule has 10 heteroatoms. The number of allylic oxidation sites excluding steroid dienone is 11. The smallest absolute Gasteiger partial charge is 0.472 e. The fourth-order valence-electron chi connectivity index (χ4n) is 5.42. The van der Waals surface area contributed by atoms with Gasteiger partial charge in [0.05, 0.1) is 34.0 Å². The standard InChI is InChI=1S/C46H82NO8P/c1-5-6-7-8-9-10-11-12-13-19-22-25-28-31-34-37-41-52-43-45(44-54-56(50,51)53-42-39-47(2,3)4)55-46(49)38-35-32-29-26-23-20-17-15-14-16-18-21-24-27-30-33-36-40-48/h10-11,14,16-17,20-21,24,26,29,37,41,45,48H,5-9,12-13,15,18-19,22-23,25,27-28,30-36,38-40,42-44H2,1-4H3/p+1/b11-10-,16-14-,20-17-,24-21-,29-26-,41-37+/t45-/m1/s1. The van der Waals surface area contributed by atoms with Crippen LogP contribution in [0.2, 0.25) is 0 Å². The average molecular weight is 809 g/mol. The summed E-state index contributed by atoms with van der Waals surface area (Å²) in [5, 5.41) is 8.80. The molecule has 0 aliphatic heterocycles. The number of carbonyl (C=O) groups excluding carboxylic acids is 1. The van der Waals surface area contributed by atoms with Gasteiger partial charge in [-0.1, -0.05) is 119 Å². The van der Waals surface area contributed by atoms with Gasteiger partial charge in [0.15, 0.2) is 6.10 Å².